The van der Waals surface area contributed by atoms with E-state index >= 15 is 0 Å². The second-order valence-electron chi connectivity index (χ2n) is 4.45. The van der Waals surface area contributed by atoms with Crippen molar-refractivity contribution in [2.75, 3.05) is 18.9 Å². The molecule has 0 saturated carbocycles. The zero-order valence-electron chi connectivity index (χ0n) is 11.5. The quantitative estimate of drug-likeness (QED) is 0.862. The summed E-state index contributed by atoms with van der Waals surface area (Å²) in [5.41, 5.74) is 0.396. The second kappa shape index (κ2) is 7.24. The highest BCUT2D eigenvalue weighted by molar-refractivity contribution is 7.15. The van der Waals surface area contributed by atoms with Gasteiger partial charge < -0.3 is 10.6 Å². The lowest BCUT2D eigenvalue weighted by Crippen LogP contribution is -2.18. The van der Waals surface area contributed by atoms with Crippen molar-refractivity contribution >= 4 is 22.4 Å². The molecule has 0 saturated heterocycles. The molecule has 0 radical (unpaired) electrons. The van der Waals surface area contributed by atoms with Crippen LogP contribution in [0.4, 0.5) is 13.9 Å². The molecule has 0 aliphatic rings. The number of carbonyl (C=O) groups is 1. The van der Waals surface area contributed by atoms with Gasteiger partial charge in [0.2, 0.25) is 5.91 Å². The number of nitrogens with one attached hydrogen (secondary N) is 2. The van der Waals surface area contributed by atoms with Gasteiger partial charge in [-0.2, -0.15) is 0 Å². The number of halogens is 2. The van der Waals surface area contributed by atoms with Crippen LogP contribution in [0.2, 0.25) is 0 Å². The summed E-state index contributed by atoms with van der Waals surface area (Å²) in [7, 11) is 1.77. The third kappa shape index (κ3) is 4.57. The van der Waals surface area contributed by atoms with E-state index in [-0.39, 0.29) is 5.91 Å². The molecule has 1 aromatic heterocycles. The maximum atomic E-state index is 13.6. The third-order valence-corrected chi connectivity index (χ3v) is 3.69. The lowest BCUT2D eigenvalue weighted by atomic mass is 10.1. The zero-order valence-corrected chi connectivity index (χ0v) is 12.3. The van der Waals surface area contributed by atoms with E-state index in [1.165, 1.54) is 23.5 Å². The van der Waals surface area contributed by atoms with Crippen molar-refractivity contribution in [3.63, 3.8) is 0 Å². The summed E-state index contributed by atoms with van der Waals surface area (Å²) in [6.45, 7) is 0.588. The van der Waals surface area contributed by atoms with Gasteiger partial charge in [-0.25, -0.2) is 13.8 Å². The molecule has 1 heterocycles. The molecule has 2 aromatic rings. The molecule has 4 nitrogen and oxygen atoms in total. The summed E-state index contributed by atoms with van der Waals surface area (Å²) in [5.74, 6) is -1.31. The van der Waals surface area contributed by atoms with Crippen molar-refractivity contribution in [3.05, 3.63) is 46.5 Å². The second-order valence-corrected chi connectivity index (χ2v) is 5.56. The molecule has 1 aromatic carbocycles. The highest BCUT2D eigenvalue weighted by Crippen LogP contribution is 2.22. The van der Waals surface area contributed by atoms with E-state index < -0.39 is 11.6 Å². The van der Waals surface area contributed by atoms with Gasteiger partial charge in [0.05, 0.1) is 0 Å². The van der Waals surface area contributed by atoms with Gasteiger partial charge in [0.1, 0.15) is 11.6 Å². The minimum Gasteiger partial charge on any atom is -0.319 e. The standard InChI is InChI=1S/C14H15F2N3OS/c1-17-5-4-13(20)19-14-18-8-11(21-14)6-9-2-3-10(15)7-12(9)16/h2-3,7-8,17H,4-6H2,1H3,(H,18,19,20). The fraction of sp³-hybridized carbons (Fsp3) is 0.286. The monoisotopic (exact) mass is 311 g/mol. The number of benzene rings is 1. The summed E-state index contributed by atoms with van der Waals surface area (Å²) >= 11 is 1.28. The molecule has 0 fully saturated rings. The van der Waals surface area contributed by atoms with Crippen LogP contribution in [0.25, 0.3) is 0 Å². The summed E-state index contributed by atoms with van der Waals surface area (Å²) < 4.78 is 26.4. The van der Waals surface area contributed by atoms with E-state index in [1.54, 1.807) is 13.2 Å². The summed E-state index contributed by atoms with van der Waals surface area (Å²) in [5, 5.41) is 6.04. The van der Waals surface area contributed by atoms with Gasteiger partial charge in [-0.15, -0.1) is 11.3 Å². The van der Waals surface area contributed by atoms with Gasteiger partial charge >= 0.3 is 0 Å². The van der Waals surface area contributed by atoms with Crippen LogP contribution < -0.4 is 10.6 Å². The van der Waals surface area contributed by atoms with Crippen LogP contribution in [0.5, 0.6) is 0 Å². The van der Waals surface area contributed by atoms with Crippen molar-refractivity contribution in [1.29, 1.82) is 0 Å². The van der Waals surface area contributed by atoms with Gasteiger partial charge in [-0.1, -0.05) is 6.07 Å². The van der Waals surface area contributed by atoms with E-state index in [4.69, 9.17) is 0 Å². The van der Waals surface area contributed by atoms with Crippen LogP contribution >= 0.6 is 11.3 Å². The van der Waals surface area contributed by atoms with Crippen molar-refractivity contribution in [2.45, 2.75) is 12.8 Å². The Balaban J connectivity index is 1.98. The van der Waals surface area contributed by atoms with E-state index in [1.807, 2.05) is 0 Å². The molecule has 1 amide bonds. The van der Waals surface area contributed by atoms with Crippen LogP contribution in [0.15, 0.2) is 24.4 Å². The first kappa shape index (κ1) is 15.5. The number of amides is 1. The maximum absolute atomic E-state index is 13.6. The molecular weight excluding hydrogens is 296 g/mol. The highest BCUT2D eigenvalue weighted by Gasteiger charge is 2.09. The van der Waals surface area contributed by atoms with Crippen LogP contribution in [-0.2, 0) is 11.2 Å². The zero-order chi connectivity index (χ0) is 15.2. The number of hydrogen-bond donors (Lipinski definition) is 2. The SMILES string of the molecule is CNCCC(=O)Nc1ncc(Cc2ccc(F)cc2F)s1. The summed E-state index contributed by atoms with van der Waals surface area (Å²) in [4.78, 5) is 16.4. The largest absolute Gasteiger partial charge is 0.319 e. The Bertz CT molecular complexity index is 630. The smallest absolute Gasteiger partial charge is 0.227 e. The van der Waals surface area contributed by atoms with Crippen molar-refractivity contribution in [1.82, 2.24) is 10.3 Å². The maximum Gasteiger partial charge on any atom is 0.227 e. The molecular formula is C14H15F2N3OS. The predicted octanol–water partition coefficient (Wildman–Crippen LogP) is 2.56. The topological polar surface area (TPSA) is 54.0 Å². The number of nitrogens with zero attached hydrogens (tertiary/aromatic N) is 1. The fourth-order valence-electron chi connectivity index (χ4n) is 1.72. The Kier molecular flexibility index (Phi) is 5.35. The Morgan fingerprint density at radius 2 is 2.19 bits per heavy atom. The van der Waals surface area contributed by atoms with Crippen LogP contribution in [0.1, 0.15) is 16.9 Å². The summed E-state index contributed by atoms with van der Waals surface area (Å²) in [6, 6.07) is 3.49. The minimum absolute atomic E-state index is 0.127. The summed E-state index contributed by atoms with van der Waals surface area (Å²) in [6.07, 6.45) is 2.26. The van der Waals surface area contributed by atoms with Crippen LogP contribution in [-0.4, -0.2) is 24.5 Å². The third-order valence-electron chi connectivity index (χ3n) is 2.78. The number of aromatic nitrogens is 1. The Labute approximate surface area is 125 Å². The van der Waals surface area contributed by atoms with Crippen LogP contribution in [0.3, 0.4) is 0 Å². The first-order valence-corrected chi connectivity index (χ1v) is 7.23. The number of hydrogen-bond acceptors (Lipinski definition) is 4. The van der Waals surface area contributed by atoms with E-state index in [0.29, 0.717) is 30.1 Å². The van der Waals surface area contributed by atoms with Gasteiger partial charge in [0.15, 0.2) is 5.13 Å². The van der Waals surface area contributed by atoms with Crippen molar-refractivity contribution in [3.8, 4) is 0 Å². The molecule has 0 unspecified atom stereocenters. The van der Waals surface area contributed by atoms with Gasteiger partial charge in [-0.3, -0.25) is 4.79 Å². The van der Waals surface area contributed by atoms with Gasteiger partial charge in [0.25, 0.3) is 0 Å². The van der Waals surface area contributed by atoms with Gasteiger partial charge in [0, 0.05) is 36.5 Å². The number of thiazole rings is 1. The molecule has 7 heteroatoms. The normalized spacial score (nSPS) is 10.6. The molecule has 2 N–H and O–H groups in total. The Hall–Kier alpha value is -1.86. The lowest BCUT2D eigenvalue weighted by Gasteiger charge is -2.01. The molecule has 21 heavy (non-hydrogen) atoms. The first-order chi connectivity index (χ1) is 10.1. The first-order valence-electron chi connectivity index (χ1n) is 6.41. The highest BCUT2D eigenvalue weighted by atomic mass is 32.1. The average Bonchev–Trinajstić information content (AvgIpc) is 2.87. The predicted molar refractivity (Wildman–Crippen MR) is 78.5 cm³/mol. The van der Waals surface area contributed by atoms with E-state index in [2.05, 4.69) is 15.6 Å². The Morgan fingerprint density at radius 3 is 2.90 bits per heavy atom. The minimum atomic E-state index is -0.599. The molecule has 0 spiro atoms. The van der Waals surface area contributed by atoms with Gasteiger partial charge in [-0.05, 0) is 18.7 Å². The van der Waals surface area contributed by atoms with E-state index in [9.17, 15) is 13.6 Å². The average molecular weight is 311 g/mol. The molecule has 0 aliphatic heterocycles. The molecule has 0 atom stereocenters. The fourth-order valence-corrected chi connectivity index (χ4v) is 2.57. The van der Waals surface area contributed by atoms with Crippen molar-refractivity contribution < 1.29 is 13.6 Å². The molecule has 2 rings (SSSR count). The number of anilines is 1. The number of rotatable bonds is 6. The molecule has 0 bridgehead atoms. The Morgan fingerprint density at radius 1 is 1.38 bits per heavy atom. The van der Waals surface area contributed by atoms with E-state index in [0.717, 1.165) is 10.9 Å². The molecule has 0 aliphatic carbocycles. The number of carbonyl (C=O) groups excluding carboxylic acids is 1. The molecule has 112 valence electrons. The van der Waals surface area contributed by atoms with Crippen LogP contribution in [0, 0.1) is 11.6 Å². The lowest BCUT2D eigenvalue weighted by molar-refractivity contribution is -0.116. The van der Waals surface area contributed by atoms with Crippen molar-refractivity contribution in [2.24, 2.45) is 0 Å².